The van der Waals surface area contributed by atoms with Gasteiger partial charge in [0.05, 0.1) is 36.6 Å². The minimum atomic E-state index is -4.60. The standard InChI is InChI=1S/C18H21F3N6O2/c1-2-23-16(28)26-4-3-17(10-26)14-8-13(25-27(14)5-6-29-17)11-7-12(18(19,20)21)15(22)24-9-11/h7-9H,2-6,10H2,1H3,(H2,22,24)(H,23,28). The van der Waals surface area contributed by atoms with Crippen LogP contribution >= 0.6 is 0 Å². The molecule has 2 aromatic rings. The molecule has 1 fully saturated rings. The highest BCUT2D eigenvalue weighted by Gasteiger charge is 2.47. The maximum absolute atomic E-state index is 13.2. The highest BCUT2D eigenvalue weighted by atomic mass is 19.4. The highest BCUT2D eigenvalue weighted by molar-refractivity contribution is 5.74. The van der Waals surface area contributed by atoms with Crippen molar-refractivity contribution < 1.29 is 22.7 Å². The van der Waals surface area contributed by atoms with Gasteiger partial charge in [-0.05, 0) is 19.1 Å². The molecule has 1 spiro atoms. The number of hydrogen-bond donors (Lipinski definition) is 2. The molecule has 1 atom stereocenters. The van der Waals surface area contributed by atoms with Gasteiger partial charge in [-0.25, -0.2) is 9.78 Å². The average Bonchev–Trinajstić information content (AvgIpc) is 3.28. The molecule has 3 N–H and O–H groups in total. The summed E-state index contributed by atoms with van der Waals surface area (Å²) >= 11 is 0. The molecule has 0 aliphatic carbocycles. The molecular weight excluding hydrogens is 389 g/mol. The first kappa shape index (κ1) is 19.5. The van der Waals surface area contributed by atoms with Crippen LogP contribution in [-0.4, -0.2) is 51.9 Å². The van der Waals surface area contributed by atoms with Crippen molar-refractivity contribution in [3.63, 3.8) is 0 Å². The van der Waals surface area contributed by atoms with Crippen LogP contribution in [0, 0.1) is 0 Å². The molecule has 0 saturated carbocycles. The molecule has 2 aromatic heterocycles. The number of anilines is 1. The smallest absolute Gasteiger partial charge is 0.383 e. The van der Waals surface area contributed by atoms with Gasteiger partial charge in [0.25, 0.3) is 0 Å². The summed E-state index contributed by atoms with van der Waals surface area (Å²) in [5, 5.41) is 7.24. The molecule has 0 radical (unpaired) electrons. The number of nitrogen functional groups attached to an aromatic ring is 1. The number of pyridine rings is 1. The monoisotopic (exact) mass is 410 g/mol. The summed E-state index contributed by atoms with van der Waals surface area (Å²) in [7, 11) is 0. The maximum Gasteiger partial charge on any atom is 0.419 e. The van der Waals surface area contributed by atoms with Gasteiger partial charge in [-0.2, -0.15) is 18.3 Å². The Morgan fingerprint density at radius 2 is 2.17 bits per heavy atom. The van der Waals surface area contributed by atoms with Crippen LogP contribution in [0.5, 0.6) is 0 Å². The van der Waals surface area contributed by atoms with Gasteiger partial charge < -0.3 is 20.7 Å². The van der Waals surface area contributed by atoms with Crippen molar-refractivity contribution in [2.45, 2.75) is 31.7 Å². The van der Waals surface area contributed by atoms with Gasteiger partial charge in [-0.3, -0.25) is 4.68 Å². The largest absolute Gasteiger partial charge is 0.419 e. The Labute approximate surface area is 164 Å². The molecule has 2 aliphatic heterocycles. The van der Waals surface area contributed by atoms with Gasteiger partial charge in [0.2, 0.25) is 0 Å². The number of hydrogen-bond acceptors (Lipinski definition) is 5. The van der Waals surface area contributed by atoms with Crippen LogP contribution < -0.4 is 11.1 Å². The predicted molar refractivity (Wildman–Crippen MR) is 97.8 cm³/mol. The lowest BCUT2D eigenvalue weighted by molar-refractivity contribution is -0.137. The molecule has 0 bridgehead atoms. The number of rotatable bonds is 2. The number of amides is 2. The molecule has 0 aromatic carbocycles. The number of fused-ring (bicyclic) bond motifs is 2. The number of aromatic nitrogens is 3. The number of carbonyl (C=O) groups excluding carboxylic acids is 1. The van der Waals surface area contributed by atoms with Crippen molar-refractivity contribution >= 4 is 11.8 Å². The molecule has 29 heavy (non-hydrogen) atoms. The van der Waals surface area contributed by atoms with Gasteiger partial charge in [-0.1, -0.05) is 0 Å². The highest BCUT2D eigenvalue weighted by Crippen LogP contribution is 2.40. The Morgan fingerprint density at radius 1 is 1.38 bits per heavy atom. The lowest BCUT2D eigenvalue weighted by Gasteiger charge is -2.34. The Hall–Kier alpha value is -2.82. The second kappa shape index (κ2) is 6.90. The second-order valence-corrected chi connectivity index (χ2v) is 7.14. The zero-order valence-corrected chi connectivity index (χ0v) is 15.8. The molecule has 1 saturated heterocycles. The van der Waals surface area contributed by atoms with Gasteiger partial charge in [0.15, 0.2) is 0 Å². The number of likely N-dealkylation sites (tertiary alicyclic amines) is 1. The third kappa shape index (κ3) is 3.39. The van der Waals surface area contributed by atoms with E-state index in [0.717, 1.165) is 11.8 Å². The minimum Gasteiger partial charge on any atom is -0.383 e. The third-order valence-electron chi connectivity index (χ3n) is 5.29. The Balaban J connectivity index is 1.68. The van der Waals surface area contributed by atoms with Crippen LogP contribution in [0.1, 0.15) is 24.6 Å². The summed E-state index contributed by atoms with van der Waals surface area (Å²) in [6, 6.07) is 2.51. The van der Waals surface area contributed by atoms with E-state index in [0.29, 0.717) is 44.9 Å². The van der Waals surface area contributed by atoms with Crippen LogP contribution in [0.3, 0.4) is 0 Å². The molecule has 156 valence electrons. The zero-order valence-electron chi connectivity index (χ0n) is 15.8. The molecule has 2 aliphatic rings. The van der Waals surface area contributed by atoms with Crippen molar-refractivity contribution in [1.29, 1.82) is 0 Å². The lowest BCUT2D eigenvalue weighted by Crippen LogP contribution is -2.44. The average molecular weight is 410 g/mol. The quantitative estimate of drug-likeness (QED) is 0.791. The number of ether oxygens (including phenoxy) is 1. The fourth-order valence-electron chi connectivity index (χ4n) is 3.88. The van der Waals surface area contributed by atoms with Gasteiger partial charge in [-0.15, -0.1) is 0 Å². The first-order valence-electron chi connectivity index (χ1n) is 9.31. The first-order chi connectivity index (χ1) is 13.7. The van der Waals surface area contributed by atoms with Crippen LogP contribution in [-0.2, 0) is 23.1 Å². The summed E-state index contributed by atoms with van der Waals surface area (Å²) in [6.45, 7) is 4.14. The summed E-state index contributed by atoms with van der Waals surface area (Å²) < 4.78 is 47.4. The van der Waals surface area contributed by atoms with E-state index in [1.807, 2.05) is 6.92 Å². The summed E-state index contributed by atoms with van der Waals surface area (Å²) in [6.07, 6.45) is -2.74. The fraction of sp³-hybridized carbons (Fsp3) is 0.500. The van der Waals surface area contributed by atoms with Crippen molar-refractivity contribution in [3.8, 4) is 11.3 Å². The molecule has 2 amide bonds. The van der Waals surface area contributed by atoms with Gasteiger partial charge >= 0.3 is 12.2 Å². The summed E-state index contributed by atoms with van der Waals surface area (Å²) in [4.78, 5) is 17.6. The second-order valence-electron chi connectivity index (χ2n) is 7.14. The van der Waals surface area contributed by atoms with Gasteiger partial charge in [0.1, 0.15) is 11.4 Å². The third-order valence-corrected chi connectivity index (χ3v) is 5.29. The molecule has 4 rings (SSSR count). The minimum absolute atomic E-state index is 0.164. The number of halogens is 3. The number of nitrogens with one attached hydrogen (secondary N) is 1. The summed E-state index contributed by atoms with van der Waals surface area (Å²) in [5.74, 6) is -0.571. The molecule has 11 heteroatoms. The molecule has 8 nitrogen and oxygen atoms in total. The number of carbonyl (C=O) groups is 1. The van der Waals surface area contributed by atoms with E-state index < -0.39 is 23.2 Å². The van der Waals surface area contributed by atoms with Crippen LogP contribution in [0.4, 0.5) is 23.8 Å². The number of nitrogens with zero attached hydrogens (tertiary/aromatic N) is 4. The SMILES string of the molecule is CCNC(=O)N1CCC2(C1)OCCn1nc(-c3cnc(N)c(C(F)(F)F)c3)cc12. The number of nitrogens with two attached hydrogens (primary N) is 1. The van der Waals surface area contributed by atoms with Crippen molar-refractivity contribution in [2.24, 2.45) is 0 Å². The lowest BCUT2D eigenvalue weighted by atomic mass is 9.96. The van der Waals surface area contributed by atoms with E-state index in [-0.39, 0.29) is 11.6 Å². The molecule has 4 heterocycles. The number of urea groups is 1. The van der Waals surface area contributed by atoms with E-state index in [1.54, 1.807) is 15.6 Å². The topological polar surface area (TPSA) is 98.3 Å². The van der Waals surface area contributed by atoms with Crippen molar-refractivity contribution in [1.82, 2.24) is 25.0 Å². The van der Waals surface area contributed by atoms with Gasteiger partial charge in [0, 0.05) is 31.3 Å². The maximum atomic E-state index is 13.2. The Kier molecular flexibility index (Phi) is 4.64. The van der Waals surface area contributed by atoms with E-state index in [9.17, 15) is 18.0 Å². The van der Waals surface area contributed by atoms with Crippen LogP contribution in [0.25, 0.3) is 11.3 Å². The zero-order chi connectivity index (χ0) is 20.8. The molecular formula is C18H21F3N6O2. The Bertz CT molecular complexity index is 944. The van der Waals surface area contributed by atoms with E-state index >= 15 is 0 Å². The van der Waals surface area contributed by atoms with Crippen molar-refractivity contribution in [3.05, 3.63) is 29.6 Å². The predicted octanol–water partition coefficient (Wildman–Crippen LogP) is 2.21. The number of alkyl halides is 3. The normalized spacial score (nSPS) is 21.4. The van der Waals surface area contributed by atoms with Crippen LogP contribution in [0.15, 0.2) is 18.3 Å². The van der Waals surface area contributed by atoms with E-state index in [1.165, 1.54) is 6.20 Å². The fourth-order valence-corrected chi connectivity index (χ4v) is 3.88. The van der Waals surface area contributed by atoms with Crippen molar-refractivity contribution in [2.75, 3.05) is 32.0 Å². The van der Waals surface area contributed by atoms with E-state index in [4.69, 9.17) is 10.5 Å². The Morgan fingerprint density at radius 3 is 2.90 bits per heavy atom. The summed E-state index contributed by atoms with van der Waals surface area (Å²) in [5.41, 5.74) is 5.01. The van der Waals surface area contributed by atoms with Crippen LogP contribution in [0.2, 0.25) is 0 Å². The first-order valence-corrected chi connectivity index (χ1v) is 9.31. The molecule has 1 unspecified atom stereocenters. The van der Waals surface area contributed by atoms with E-state index in [2.05, 4.69) is 15.4 Å².